The normalized spacial score (nSPS) is 13.7. The summed E-state index contributed by atoms with van der Waals surface area (Å²) >= 11 is 1.63. The Morgan fingerprint density at radius 3 is 2.49 bits per heavy atom. The number of imidazole rings is 1. The lowest BCUT2D eigenvalue weighted by Gasteiger charge is -2.40. The molecule has 0 radical (unpaired) electrons. The summed E-state index contributed by atoms with van der Waals surface area (Å²) in [5.74, 6) is 0.234. The van der Waals surface area contributed by atoms with Crippen molar-refractivity contribution in [2.75, 3.05) is 6.61 Å². The number of aromatic nitrogens is 3. The highest BCUT2D eigenvalue weighted by Crippen LogP contribution is 2.39. The first-order valence-electron chi connectivity index (χ1n) is 13.2. The summed E-state index contributed by atoms with van der Waals surface area (Å²) in [7, 11) is -2.02. The number of thiazole rings is 1. The van der Waals surface area contributed by atoms with Crippen LogP contribution in [0.25, 0.3) is 21.8 Å². The molecule has 4 aromatic rings. The van der Waals surface area contributed by atoms with E-state index in [1.807, 2.05) is 47.0 Å². The van der Waals surface area contributed by atoms with Crippen molar-refractivity contribution in [2.24, 2.45) is 5.73 Å². The fraction of sp³-hybridized carbons (Fsp3) is 0.367. The van der Waals surface area contributed by atoms with Crippen LogP contribution in [0.3, 0.4) is 0 Å². The molecular formula is C30H38N4O3SSi. The zero-order valence-corrected chi connectivity index (χ0v) is 25.4. The van der Waals surface area contributed by atoms with Gasteiger partial charge in [0.05, 0.1) is 30.8 Å². The van der Waals surface area contributed by atoms with Crippen LogP contribution in [-0.2, 0) is 4.43 Å². The summed E-state index contributed by atoms with van der Waals surface area (Å²) in [6.07, 6.45) is 3.92. The molecule has 1 amide bonds. The predicted molar refractivity (Wildman–Crippen MR) is 161 cm³/mol. The number of rotatable bonds is 11. The molecule has 0 bridgehead atoms. The highest BCUT2D eigenvalue weighted by atomic mass is 32.1. The van der Waals surface area contributed by atoms with Crippen LogP contribution in [-0.4, -0.2) is 41.5 Å². The van der Waals surface area contributed by atoms with Gasteiger partial charge < -0.3 is 19.5 Å². The molecule has 2 N–H and O–H groups in total. The summed E-state index contributed by atoms with van der Waals surface area (Å²) < 4.78 is 14.9. The van der Waals surface area contributed by atoms with Gasteiger partial charge in [0, 0.05) is 29.1 Å². The number of benzene rings is 2. The minimum absolute atomic E-state index is 0.0742. The maximum absolute atomic E-state index is 11.7. The van der Waals surface area contributed by atoms with Gasteiger partial charge in [0.25, 0.3) is 5.91 Å². The summed E-state index contributed by atoms with van der Waals surface area (Å²) in [4.78, 5) is 20.7. The maximum atomic E-state index is 11.7. The lowest BCUT2D eigenvalue weighted by Crippen LogP contribution is -2.45. The van der Waals surface area contributed by atoms with E-state index in [9.17, 15) is 4.79 Å². The van der Waals surface area contributed by atoms with Gasteiger partial charge in [-0.15, -0.1) is 11.3 Å². The molecule has 0 aliphatic rings. The van der Waals surface area contributed by atoms with Gasteiger partial charge in [-0.2, -0.15) is 0 Å². The minimum atomic E-state index is -2.02. The van der Waals surface area contributed by atoms with Crippen LogP contribution in [0, 0.1) is 0 Å². The zero-order chi connectivity index (χ0) is 28.2. The number of amides is 1. The van der Waals surface area contributed by atoms with Crippen LogP contribution in [0.1, 0.15) is 50.6 Å². The van der Waals surface area contributed by atoms with E-state index in [0.29, 0.717) is 13.0 Å². The lowest BCUT2D eigenvalue weighted by molar-refractivity contribution is 0.0994. The van der Waals surface area contributed by atoms with E-state index >= 15 is 0 Å². The van der Waals surface area contributed by atoms with Gasteiger partial charge in [-0.25, -0.2) is 9.97 Å². The molecule has 2 heterocycles. The molecule has 7 nitrogen and oxygen atoms in total. The molecular weight excluding hydrogens is 525 g/mol. The number of hydrogen-bond donors (Lipinski definition) is 1. The second-order valence-corrected chi connectivity index (χ2v) is 16.9. The van der Waals surface area contributed by atoms with Gasteiger partial charge in [-0.05, 0) is 37.2 Å². The van der Waals surface area contributed by atoms with Gasteiger partial charge in [-0.3, -0.25) is 4.79 Å². The molecule has 2 aromatic carbocycles. The summed E-state index contributed by atoms with van der Waals surface area (Å²) in [6, 6.07) is 18.1. The molecule has 206 valence electrons. The van der Waals surface area contributed by atoms with Crippen molar-refractivity contribution in [2.45, 2.75) is 64.4 Å². The van der Waals surface area contributed by atoms with Gasteiger partial charge in [0.15, 0.2) is 8.32 Å². The van der Waals surface area contributed by atoms with Gasteiger partial charge in [0.2, 0.25) is 0 Å². The molecule has 2 atom stereocenters. The number of primary amides is 1. The quantitative estimate of drug-likeness (QED) is 0.195. The fourth-order valence-corrected chi connectivity index (χ4v) is 6.43. The molecule has 0 fully saturated rings. The first-order chi connectivity index (χ1) is 18.4. The van der Waals surface area contributed by atoms with Crippen LogP contribution in [0.4, 0.5) is 0 Å². The highest BCUT2D eigenvalue weighted by Gasteiger charge is 2.40. The van der Waals surface area contributed by atoms with Crippen molar-refractivity contribution in [1.29, 1.82) is 0 Å². The van der Waals surface area contributed by atoms with Crippen LogP contribution < -0.4 is 10.5 Å². The van der Waals surface area contributed by atoms with E-state index in [-0.39, 0.29) is 22.9 Å². The molecule has 9 heteroatoms. The maximum Gasteiger partial charge on any atom is 0.268 e. The van der Waals surface area contributed by atoms with Crippen molar-refractivity contribution in [3.05, 3.63) is 78.2 Å². The monoisotopic (exact) mass is 562 g/mol. The number of hydrogen-bond acceptors (Lipinski definition) is 6. The number of nitrogens with zero attached hydrogens (tertiary/aromatic N) is 3. The van der Waals surface area contributed by atoms with E-state index in [0.717, 1.165) is 27.6 Å². The zero-order valence-electron chi connectivity index (χ0n) is 23.5. The Labute approximate surface area is 236 Å². The van der Waals surface area contributed by atoms with E-state index in [2.05, 4.69) is 63.3 Å². The third-order valence-corrected chi connectivity index (χ3v) is 12.9. The largest absolute Gasteiger partial charge is 0.493 e. The Balaban J connectivity index is 1.47. The third-order valence-electron chi connectivity index (χ3n) is 7.40. The Kier molecular flexibility index (Phi) is 8.73. The molecule has 0 aliphatic heterocycles. The van der Waals surface area contributed by atoms with Crippen molar-refractivity contribution < 1.29 is 14.0 Å². The predicted octanol–water partition coefficient (Wildman–Crippen LogP) is 7.19. The topological polar surface area (TPSA) is 92.3 Å². The van der Waals surface area contributed by atoms with E-state index in [4.69, 9.17) is 19.9 Å². The molecule has 0 saturated carbocycles. The molecule has 2 aromatic heterocycles. The van der Waals surface area contributed by atoms with Gasteiger partial charge in [-0.1, -0.05) is 63.2 Å². The minimum Gasteiger partial charge on any atom is -0.493 e. The van der Waals surface area contributed by atoms with Crippen molar-refractivity contribution >= 4 is 25.6 Å². The van der Waals surface area contributed by atoms with Crippen molar-refractivity contribution in [3.63, 3.8) is 0 Å². The Hall–Kier alpha value is -3.27. The van der Waals surface area contributed by atoms with Gasteiger partial charge in [0.1, 0.15) is 16.5 Å². The fourth-order valence-electron chi connectivity index (χ4n) is 4.15. The van der Waals surface area contributed by atoms with Crippen LogP contribution in [0.15, 0.2) is 72.5 Å². The first kappa shape index (κ1) is 28.7. The van der Waals surface area contributed by atoms with Crippen molar-refractivity contribution in [3.8, 4) is 27.6 Å². The number of nitrogens with two attached hydrogens (primary N) is 1. The smallest absolute Gasteiger partial charge is 0.268 e. The van der Waals surface area contributed by atoms with Crippen LogP contribution >= 0.6 is 11.3 Å². The summed E-state index contributed by atoms with van der Waals surface area (Å²) in [5, 5.41) is 3.14. The summed E-state index contributed by atoms with van der Waals surface area (Å²) in [5.41, 5.74) is 8.76. The van der Waals surface area contributed by atoms with E-state index in [1.165, 1.54) is 0 Å². The third kappa shape index (κ3) is 7.03. The Bertz CT molecular complexity index is 1390. The molecule has 0 spiro atoms. The Morgan fingerprint density at radius 2 is 1.82 bits per heavy atom. The molecule has 39 heavy (non-hydrogen) atoms. The highest BCUT2D eigenvalue weighted by molar-refractivity contribution is 7.13. The second-order valence-electron chi connectivity index (χ2n) is 11.3. The number of ether oxygens (including phenoxy) is 1. The molecule has 2 unspecified atom stereocenters. The van der Waals surface area contributed by atoms with Crippen LogP contribution in [0.2, 0.25) is 18.1 Å². The van der Waals surface area contributed by atoms with Crippen LogP contribution in [0.5, 0.6) is 5.75 Å². The average Bonchev–Trinajstić information content (AvgIpc) is 3.57. The molecule has 0 saturated heterocycles. The Morgan fingerprint density at radius 1 is 1.10 bits per heavy atom. The summed E-state index contributed by atoms with van der Waals surface area (Å²) in [6.45, 7) is 13.7. The van der Waals surface area contributed by atoms with Gasteiger partial charge >= 0.3 is 0 Å². The average molecular weight is 563 g/mol. The van der Waals surface area contributed by atoms with E-state index < -0.39 is 14.2 Å². The molecule has 0 aliphatic carbocycles. The standard InChI is InChI=1S/C30H38N4O3SSi/c1-21(37-39(5,6)30(2,3)4)27(34-18-25(28(31)35)32-20-34)15-16-36-24-14-10-13-23(17-24)26-19-38-29(33-26)22-11-8-7-9-12-22/h7-14,17-21,27H,15-16H2,1-6H3,(H2,31,35). The van der Waals surface area contributed by atoms with E-state index in [1.54, 1.807) is 23.9 Å². The second kappa shape index (κ2) is 11.9. The molecule has 4 rings (SSSR count). The SMILES string of the molecule is CC(O[Si](C)(C)C(C)(C)C)C(CCOc1cccc(-c2csc(-c3ccccc3)n2)c1)n1cnc(C(N)=O)c1. The number of carbonyl (C=O) groups excluding carboxylic acids is 1. The lowest BCUT2D eigenvalue weighted by atomic mass is 10.1. The van der Waals surface area contributed by atoms with Crippen molar-refractivity contribution in [1.82, 2.24) is 14.5 Å². The first-order valence-corrected chi connectivity index (χ1v) is 17.0. The number of carbonyl (C=O) groups is 1.